The minimum Gasteiger partial charge on any atom is -0.394 e. The Labute approximate surface area is 99.6 Å². The number of nitrogen functional groups attached to an aromatic ring is 1. The van der Waals surface area contributed by atoms with Crippen LogP contribution in [0.15, 0.2) is 6.20 Å². The van der Waals surface area contributed by atoms with E-state index in [4.69, 9.17) is 17.3 Å². The van der Waals surface area contributed by atoms with E-state index in [1.807, 2.05) is 0 Å². The van der Waals surface area contributed by atoms with Crippen LogP contribution in [0.5, 0.6) is 0 Å². The molecule has 0 aliphatic heterocycles. The smallest absolute Gasteiger partial charge is 0.224 e. The van der Waals surface area contributed by atoms with Gasteiger partial charge in [-0.25, -0.2) is 4.98 Å². The minimum atomic E-state index is 0.250. The van der Waals surface area contributed by atoms with Crippen molar-refractivity contribution in [2.75, 3.05) is 11.1 Å². The van der Waals surface area contributed by atoms with E-state index >= 15 is 0 Å². The van der Waals surface area contributed by atoms with E-state index in [1.54, 1.807) is 6.20 Å². The summed E-state index contributed by atoms with van der Waals surface area (Å²) in [6.45, 7) is 0. The molecule has 3 atom stereocenters. The van der Waals surface area contributed by atoms with Crippen molar-refractivity contribution in [2.24, 2.45) is 11.8 Å². The molecule has 3 rings (SSSR count). The summed E-state index contributed by atoms with van der Waals surface area (Å²) in [5, 5.41) is 3.67. The number of fused-ring (bicyclic) bond motifs is 2. The molecule has 1 heterocycles. The minimum absolute atomic E-state index is 0.250. The summed E-state index contributed by atoms with van der Waals surface area (Å²) in [5.41, 5.74) is 6.40. The summed E-state index contributed by atoms with van der Waals surface area (Å²) >= 11 is 5.76. The van der Waals surface area contributed by atoms with Gasteiger partial charge in [-0.15, -0.1) is 0 Å². The molecular weight excluding hydrogens is 224 g/mol. The molecule has 2 bridgehead atoms. The third-order valence-corrected chi connectivity index (χ3v) is 4.03. The molecule has 2 fully saturated rings. The van der Waals surface area contributed by atoms with Gasteiger partial charge in [0, 0.05) is 6.04 Å². The van der Waals surface area contributed by atoms with Crippen LogP contribution in [0.25, 0.3) is 0 Å². The zero-order chi connectivity index (χ0) is 11.1. The van der Waals surface area contributed by atoms with Crippen LogP contribution in [0.3, 0.4) is 0 Å². The van der Waals surface area contributed by atoms with Crippen molar-refractivity contribution in [1.29, 1.82) is 0 Å². The second-order valence-corrected chi connectivity index (χ2v) is 5.21. The maximum absolute atomic E-state index is 5.82. The van der Waals surface area contributed by atoms with Crippen molar-refractivity contribution in [1.82, 2.24) is 9.97 Å². The zero-order valence-electron chi connectivity index (χ0n) is 8.99. The molecule has 0 amide bonds. The molecule has 1 aromatic rings. The Morgan fingerprint density at radius 2 is 2.25 bits per heavy atom. The SMILES string of the molecule is Nc1cnc(Cl)nc1NC1CC2CCC1C2. The lowest BCUT2D eigenvalue weighted by Crippen LogP contribution is -2.26. The van der Waals surface area contributed by atoms with Gasteiger partial charge in [-0.05, 0) is 42.7 Å². The fraction of sp³-hybridized carbons (Fsp3) is 0.636. The Morgan fingerprint density at radius 1 is 1.38 bits per heavy atom. The lowest BCUT2D eigenvalue weighted by Gasteiger charge is -2.23. The van der Waals surface area contributed by atoms with Gasteiger partial charge in [0.1, 0.15) is 0 Å². The highest BCUT2D eigenvalue weighted by Gasteiger charge is 2.39. The van der Waals surface area contributed by atoms with Crippen LogP contribution in [-0.4, -0.2) is 16.0 Å². The third-order valence-electron chi connectivity index (χ3n) is 3.85. The molecule has 16 heavy (non-hydrogen) atoms. The molecule has 0 aromatic carbocycles. The molecule has 2 aliphatic carbocycles. The van der Waals surface area contributed by atoms with Gasteiger partial charge in [-0.1, -0.05) is 6.42 Å². The normalized spacial score (nSPS) is 31.9. The van der Waals surface area contributed by atoms with Crippen molar-refractivity contribution in [3.05, 3.63) is 11.5 Å². The van der Waals surface area contributed by atoms with Crippen LogP contribution in [0.4, 0.5) is 11.5 Å². The lowest BCUT2D eigenvalue weighted by atomic mass is 9.95. The second kappa shape index (κ2) is 3.77. The summed E-state index contributed by atoms with van der Waals surface area (Å²) < 4.78 is 0. The Morgan fingerprint density at radius 3 is 2.94 bits per heavy atom. The van der Waals surface area contributed by atoms with Gasteiger partial charge in [0.15, 0.2) is 5.82 Å². The van der Waals surface area contributed by atoms with Gasteiger partial charge in [0.05, 0.1) is 11.9 Å². The molecule has 86 valence electrons. The van der Waals surface area contributed by atoms with Crippen molar-refractivity contribution in [3.63, 3.8) is 0 Å². The average Bonchev–Trinajstić information content (AvgIpc) is 2.85. The molecule has 2 saturated carbocycles. The largest absolute Gasteiger partial charge is 0.394 e. The Balaban J connectivity index is 1.76. The standard InChI is InChI=1S/C11H15ClN4/c12-11-14-5-8(13)10(16-11)15-9-4-6-1-2-7(9)3-6/h5-7,9H,1-4,13H2,(H,14,15,16). The van der Waals surface area contributed by atoms with Crippen LogP contribution in [0, 0.1) is 11.8 Å². The van der Waals surface area contributed by atoms with Crippen LogP contribution < -0.4 is 11.1 Å². The van der Waals surface area contributed by atoms with Gasteiger partial charge >= 0.3 is 0 Å². The second-order valence-electron chi connectivity index (χ2n) is 4.87. The predicted molar refractivity (Wildman–Crippen MR) is 64.3 cm³/mol. The molecule has 0 spiro atoms. The number of rotatable bonds is 2. The summed E-state index contributed by atoms with van der Waals surface area (Å²) in [6.07, 6.45) is 6.89. The Kier molecular flexibility index (Phi) is 2.39. The van der Waals surface area contributed by atoms with E-state index in [-0.39, 0.29) is 5.28 Å². The molecule has 3 unspecified atom stereocenters. The Hall–Kier alpha value is -1.03. The van der Waals surface area contributed by atoms with Crippen LogP contribution >= 0.6 is 11.6 Å². The van der Waals surface area contributed by atoms with Crippen molar-refractivity contribution in [2.45, 2.75) is 31.7 Å². The van der Waals surface area contributed by atoms with Gasteiger partial charge in [-0.2, -0.15) is 4.98 Å². The van der Waals surface area contributed by atoms with Gasteiger partial charge in [0.2, 0.25) is 5.28 Å². The highest BCUT2D eigenvalue weighted by atomic mass is 35.5. The number of nitrogens with two attached hydrogens (primary N) is 1. The van der Waals surface area contributed by atoms with Crippen molar-refractivity contribution < 1.29 is 0 Å². The highest BCUT2D eigenvalue weighted by molar-refractivity contribution is 6.28. The molecular formula is C11H15ClN4. The number of hydrogen-bond donors (Lipinski definition) is 2. The maximum atomic E-state index is 5.82. The first-order valence-corrected chi connectivity index (χ1v) is 6.14. The van der Waals surface area contributed by atoms with Crippen LogP contribution in [0.1, 0.15) is 25.7 Å². The van der Waals surface area contributed by atoms with E-state index in [1.165, 1.54) is 25.7 Å². The molecule has 5 heteroatoms. The summed E-state index contributed by atoms with van der Waals surface area (Å²) in [5.74, 6) is 2.39. The van der Waals surface area contributed by atoms with Crippen LogP contribution in [0.2, 0.25) is 5.28 Å². The topological polar surface area (TPSA) is 63.8 Å². The molecule has 1 aromatic heterocycles. The van der Waals surface area contributed by atoms with Gasteiger partial charge in [0.25, 0.3) is 0 Å². The molecule has 0 radical (unpaired) electrons. The first kappa shape index (κ1) is 10.1. The summed E-state index contributed by atoms with van der Waals surface area (Å²) in [6, 6.07) is 0.520. The number of hydrogen-bond acceptors (Lipinski definition) is 4. The van der Waals surface area contributed by atoms with Crippen molar-refractivity contribution >= 4 is 23.1 Å². The van der Waals surface area contributed by atoms with E-state index < -0.39 is 0 Å². The number of nitrogens with zero attached hydrogens (tertiary/aromatic N) is 2. The number of anilines is 2. The highest BCUT2D eigenvalue weighted by Crippen LogP contribution is 2.45. The van der Waals surface area contributed by atoms with E-state index in [0.717, 1.165) is 11.8 Å². The summed E-state index contributed by atoms with van der Waals surface area (Å²) in [7, 11) is 0. The number of aromatic nitrogens is 2. The molecule has 3 N–H and O–H groups in total. The number of halogens is 1. The fourth-order valence-corrected chi connectivity index (χ4v) is 3.22. The zero-order valence-corrected chi connectivity index (χ0v) is 9.74. The summed E-state index contributed by atoms with van der Waals surface area (Å²) in [4.78, 5) is 7.99. The third kappa shape index (κ3) is 1.71. The van der Waals surface area contributed by atoms with E-state index in [0.29, 0.717) is 17.5 Å². The van der Waals surface area contributed by atoms with E-state index in [2.05, 4.69) is 15.3 Å². The molecule has 0 saturated heterocycles. The fourth-order valence-electron chi connectivity index (χ4n) is 3.08. The monoisotopic (exact) mass is 238 g/mol. The maximum Gasteiger partial charge on any atom is 0.224 e. The molecule has 4 nitrogen and oxygen atoms in total. The first-order chi connectivity index (χ1) is 7.72. The van der Waals surface area contributed by atoms with Crippen LogP contribution in [-0.2, 0) is 0 Å². The number of nitrogens with one attached hydrogen (secondary N) is 1. The first-order valence-electron chi connectivity index (χ1n) is 5.77. The lowest BCUT2D eigenvalue weighted by molar-refractivity contribution is 0.439. The van der Waals surface area contributed by atoms with Gasteiger partial charge < -0.3 is 11.1 Å². The quantitative estimate of drug-likeness (QED) is 0.777. The van der Waals surface area contributed by atoms with E-state index in [9.17, 15) is 0 Å². The Bertz CT molecular complexity index is 409. The van der Waals surface area contributed by atoms with Crippen molar-refractivity contribution in [3.8, 4) is 0 Å². The van der Waals surface area contributed by atoms with Gasteiger partial charge in [-0.3, -0.25) is 0 Å². The molecule has 2 aliphatic rings. The predicted octanol–water partition coefficient (Wildman–Crippen LogP) is 2.31. The average molecular weight is 239 g/mol.